The van der Waals surface area contributed by atoms with Crippen LogP contribution >= 0.6 is 0 Å². The maximum Gasteiger partial charge on any atom is 0.314 e. The highest BCUT2D eigenvalue weighted by Gasteiger charge is 2.18. The van der Waals surface area contributed by atoms with Gasteiger partial charge in [0.25, 0.3) is 5.56 Å². The normalized spacial score (nSPS) is 10.7. The molecule has 4 aromatic rings. The van der Waals surface area contributed by atoms with E-state index < -0.39 is 5.91 Å². The van der Waals surface area contributed by atoms with Crippen LogP contribution in [0.4, 0.5) is 5.69 Å². The summed E-state index contributed by atoms with van der Waals surface area (Å²) < 4.78 is 1.45. The van der Waals surface area contributed by atoms with Gasteiger partial charge >= 0.3 is 5.91 Å². The van der Waals surface area contributed by atoms with E-state index in [1.54, 1.807) is 42.6 Å². The molecule has 0 atom stereocenters. The summed E-state index contributed by atoms with van der Waals surface area (Å²) >= 11 is 0. The van der Waals surface area contributed by atoms with E-state index in [-0.39, 0.29) is 11.8 Å². The first-order valence-electron chi connectivity index (χ1n) is 9.47. The fraction of sp³-hybridized carbons (Fsp3) is 0.0870. The smallest absolute Gasteiger partial charge is 0.292 e. The van der Waals surface area contributed by atoms with Gasteiger partial charge in [-0.05, 0) is 35.9 Å². The molecule has 0 fully saturated rings. The predicted octanol–water partition coefficient (Wildman–Crippen LogP) is 2.46. The highest BCUT2D eigenvalue weighted by Crippen LogP contribution is 2.21. The maximum absolute atomic E-state index is 13.4. The minimum Gasteiger partial charge on any atom is -0.292 e. The van der Waals surface area contributed by atoms with Gasteiger partial charge in [0.05, 0.1) is 18.5 Å². The highest BCUT2D eigenvalue weighted by molar-refractivity contribution is 6.29. The van der Waals surface area contributed by atoms with Crippen molar-refractivity contribution in [2.24, 2.45) is 0 Å². The quantitative estimate of drug-likeness (QED) is 0.273. The molecule has 0 aliphatic heterocycles. The van der Waals surface area contributed by atoms with Crippen molar-refractivity contribution >= 4 is 29.0 Å². The summed E-state index contributed by atoms with van der Waals surface area (Å²) in [5.41, 5.74) is 2.71. The molecule has 1 amide bonds. The van der Waals surface area contributed by atoms with Crippen molar-refractivity contribution in [1.29, 1.82) is 0 Å². The van der Waals surface area contributed by atoms with Crippen molar-refractivity contribution in [3.05, 3.63) is 94.5 Å². The second-order valence-corrected chi connectivity index (χ2v) is 6.66. The Morgan fingerprint density at radius 2 is 1.90 bits per heavy atom. The minimum absolute atomic E-state index is 0.156. The van der Waals surface area contributed by atoms with Crippen LogP contribution in [0.2, 0.25) is 0 Å². The van der Waals surface area contributed by atoms with Gasteiger partial charge in [0.1, 0.15) is 11.2 Å². The number of nitrogens with zero attached hydrogens (tertiary/aromatic N) is 4. The van der Waals surface area contributed by atoms with Gasteiger partial charge in [0, 0.05) is 12.6 Å². The number of aldehydes is 1. The van der Waals surface area contributed by atoms with Gasteiger partial charge in [-0.15, -0.1) is 0 Å². The van der Waals surface area contributed by atoms with Gasteiger partial charge in [0.2, 0.25) is 6.29 Å². The highest BCUT2D eigenvalue weighted by atomic mass is 16.7. The van der Waals surface area contributed by atoms with Crippen LogP contribution in [0.1, 0.15) is 11.3 Å². The van der Waals surface area contributed by atoms with Crippen LogP contribution in [-0.2, 0) is 20.8 Å². The monoisotopic (exact) mass is 414 g/mol. The molecule has 2 heterocycles. The fourth-order valence-electron chi connectivity index (χ4n) is 3.34. The van der Waals surface area contributed by atoms with Crippen molar-refractivity contribution in [2.45, 2.75) is 6.42 Å². The lowest BCUT2D eigenvalue weighted by Crippen LogP contribution is -2.31. The summed E-state index contributed by atoms with van der Waals surface area (Å²) in [6.45, 7) is 0. The summed E-state index contributed by atoms with van der Waals surface area (Å²) in [5, 5.41) is 0.850. The SMILES string of the molecule is CON(C(=O)C=O)c1cccc(-n2c(=O)c(Cc3ccccc3)nc3cccnc32)c1. The molecular formula is C23H18N4O4. The van der Waals surface area contributed by atoms with Crippen LogP contribution in [-0.4, -0.2) is 33.8 Å². The zero-order chi connectivity index (χ0) is 21.8. The number of pyridine rings is 1. The Labute approximate surface area is 177 Å². The molecule has 0 aliphatic carbocycles. The van der Waals surface area contributed by atoms with Crippen LogP contribution in [0.3, 0.4) is 0 Å². The molecule has 0 saturated carbocycles. The third-order valence-electron chi connectivity index (χ3n) is 4.70. The van der Waals surface area contributed by atoms with Crippen molar-refractivity contribution in [3.63, 3.8) is 0 Å². The number of fused-ring (bicyclic) bond motifs is 1. The van der Waals surface area contributed by atoms with Crippen molar-refractivity contribution in [1.82, 2.24) is 14.5 Å². The molecule has 0 unspecified atom stereocenters. The number of rotatable bonds is 6. The zero-order valence-corrected chi connectivity index (χ0v) is 16.6. The molecule has 154 valence electrons. The predicted molar refractivity (Wildman–Crippen MR) is 115 cm³/mol. The zero-order valence-electron chi connectivity index (χ0n) is 16.6. The van der Waals surface area contributed by atoms with E-state index in [0.29, 0.717) is 34.7 Å². The number of amides is 1. The Bertz CT molecular complexity index is 1320. The Morgan fingerprint density at radius 3 is 2.65 bits per heavy atom. The Hall–Kier alpha value is -4.17. The van der Waals surface area contributed by atoms with Gasteiger partial charge in [-0.3, -0.25) is 23.8 Å². The summed E-state index contributed by atoms with van der Waals surface area (Å²) in [7, 11) is 1.28. The lowest BCUT2D eigenvalue weighted by atomic mass is 10.1. The fourth-order valence-corrected chi connectivity index (χ4v) is 3.34. The molecule has 0 spiro atoms. The first-order valence-corrected chi connectivity index (χ1v) is 9.47. The molecule has 4 rings (SSSR count). The van der Waals surface area contributed by atoms with Gasteiger partial charge in [-0.25, -0.2) is 9.97 Å². The van der Waals surface area contributed by atoms with E-state index in [4.69, 9.17) is 4.84 Å². The van der Waals surface area contributed by atoms with E-state index in [0.717, 1.165) is 10.6 Å². The lowest BCUT2D eigenvalue weighted by Gasteiger charge is -2.18. The van der Waals surface area contributed by atoms with Crippen LogP contribution in [0.15, 0.2) is 77.7 Å². The topological polar surface area (TPSA) is 94.4 Å². The van der Waals surface area contributed by atoms with Gasteiger partial charge in [-0.2, -0.15) is 5.06 Å². The van der Waals surface area contributed by atoms with Gasteiger partial charge in [-0.1, -0.05) is 36.4 Å². The van der Waals surface area contributed by atoms with Crippen molar-refractivity contribution in [3.8, 4) is 5.69 Å². The van der Waals surface area contributed by atoms with Crippen LogP contribution in [0.5, 0.6) is 0 Å². The van der Waals surface area contributed by atoms with E-state index >= 15 is 0 Å². The molecule has 8 heteroatoms. The third kappa shape index (κ3) is 3.96. The number of hydroxylamine groups is 1. The summed E-state index contributed by atoms with van der Waals surface area (Å²) in [4.78, 5) is 50.1. The second-order valence-electron chi connectivity index (χ2n) is 6.66. The number of carbonyl (C=O) groups excluding carboxylic acids is 2. The van der Waals surface area contributed by atoms with E-state index in [9.17, 15) is 14.4 Å². The molecule has 31 heavy (non-hydrogen) atoms. The first-order chi connectivity index (χ1) is 15.1. The lowest BCUT2D eigenvalue weighted by molar-refractivity contribution is -0.133. The summed E-state index contributed by atoms with van der Waals surface area (Å²) in [6, 6.07) is 19.7. The average molecular weight is 414 g/mol. The molecule has 0 radical (unpaired) electrons. The molecule has 2 aromatic carbocycles. The van der Waals surface area contributed by atoms with E-state index in [2.05, 4.69) is 9.97 Å². The molecule has 2 aromatic heterocycles. The van der Waals surface area contributed by atoms with E-state index in [1.165, 1.54) is 11.7 Å². The third-order valence-corrected chi connectivity index (χ3v) is 4.70. The molecule has 0 saturated heterocycles. The van der Waals surface area contributed by atoms with Crippen LogP contribution in [0, 0.1) is 0 Å². The number of carbonyl (C=O) groups is 2. The number of anilines is 1. The largest absolute Gasteiger partial charge is 0.314 e. The minimum atomic E-state index is -0.866. The standard InChI is InChI=1S/C23H18N4O4/c1-31-27(21(29)15-28)18-10-5-9-17(14-18)26-22-19(11-6-12-24-22)25-20(23(26)30)13-16-7-3-2-4-8-16/h2-12,14-15H,13H2,1H3. The molecule has 0 N–H and O–H groups in total. The second kappa shape index (κ2) is 8.68. The van der Waals surface area contributed by atoms with E-state index in [1.807, 2.05) is 30.3 Å². The molecule has 8 nitrogen and oxygen atoms in total. The first kappa shape index (κ1) is 20.1. The van der Waals surface area contributed by atoms with Crippen molar-refractivity contribution < 1.29 is 14.4 Å². The molecule has 0 bridgehead atoms. The Morgan fingerprint density at radius 1 is 1.10 bits per heavy atom. The van der Waals surface area contributed by atoms with Gasteiger partial charge < -0.3 is 0 Å². The average Bonchev–Trinajstić information content (AvgIpc) is 2.81. The molecule has 0 aliphatic rings. The number of hydrogen-bond donors (Lipinski definition) is 0. The number of benzene rings is 2. The van der Waals surface area contributed by atoms with Gasteiger partial charge in [0.15, 0.2) is 5.65 Å². The van der Waals surface area contributed by atoms with Crippen LogP contribution in [0.25, 0.3) is 16.9 Å². The summed E-state index contributed by atoms with van der Waals surface area (Å²) in [5.74, 6) is -0.866. The summed E-state index contributed by atoms with van der Waals surface area (Å²) in [6.07, 6.45) is 2.10. The number of aromatic nitrogens is 3. The number of hydrogen-bond acceptors (Lipinski definition) is 6. The van der Waals surface area contributed by atoms with Crippen LogP contribution < -0.4 is 10.6 Å². The Kier molecular flexibility index (Phi) is 5.63. The van der Waals surface area contributed by atoms with Crippen molar-refractivity contribution in [2.75, 3.05) is 12.2 Å². The maximum atomic E-state index is 13.4. The Balaban J connectivity index is 1.90. The molecular weight excluding hydrogens is 396 g/mol.